The maximum absolute atomic E-state index is 13.0. The van der Waals surface area contributed by atoms with Gasteiger partial charge in [-0.15, -0.1) is 11.3 Å². The molecule has 4 heterocycles. The van der Waals surface area contributed by atoms with Gasteiger partial charge in [-0.05, 0) is 38.4 Å². The van der Waals surface area contributed by atoms with Gasteiger partial charge in [0.1, 0.15) is 0 Å². The molecule has 2 aromatic heterocycles. The Morgan fingerprint density at radius 3 is 2.83 bits per heavy atom. The molecule has 4 rings (SSSR count). The highest BCUT2D eigenvalue weighted by molar-refractivity contribution is 7.11. The van der Waals surface area contributed by atoms with Gasteiger partial charge >= 0.3 is 0 Å². The Hall–Kier alpha value is -1.66. The molecule has 0 bridgehead atoms. The topological polar surface area (TPSA) is 41.4 Å². The average molecular weight is 330 g/mol. The van der Waals surface area contributed by atoms with E-state index < -0.39 is 0 Å². The monoisotopic (exact) mass is 330 g/mol. The molecular formula is C17H22N4OS. The van der Waals surface area contributed by atoms with Gasteiger partial charge < -0.3 is 4.90 Å². The number of aromatic nitrogens is 2. The molecule has 2 aliphatic heterocycles. The van der Waals surface area contributed by atoms with Crippen LogP contribution in [0.3, 0.4) is 0 Å². The summed E-state index contributed by atoms with van der Waals surface area (Å²) in [6, 6.07) is 4.39. The fraction of sp³-hybridized carbons (Fsp3) is 0.529. The van der Waals surface area contributed by atoms with Gasteiger partial charge in [-0.1, -0.05) is 0 Å². The first-order chi connectivity index (χ1) is 11.1. The summed E-state index contributed by atoms with van der Waals surface area (Å²) in [5, 5.41) is 4.20. The lowest BCUT2D eigenvalue weighted by Gasteiger charge is -2.23. The lowest BCUT2D eigenvalue weighted by Crippen LogP contribution is -2.36. The predicted molar refractivity (Wildman–Crippen MR) is 91.6 cm³/mol. The number of hydrogen-bond acceptors (Lipinski definition) is 4. The first-order valence-electron chi connectivity index (χ1n) is 8.14. The molecule has 1 amide bonds. The van der Waals surface area contributed by atoms with Crippen LogP contribution in [0.2, 0.25) is 0 Å². The van der Waals surface area contributed by atoms with E-state index in [0.29, 0.717) is 0 Å². The van der Waals surface area contributed by atoms with Crippen LogP contribution in [-0.2, 0) is 18.4 Å². The van der Waals surface area contributed by atoms with Crippen molar-refractivity contribution in [1.82, 2.24) is 14.7 Å². The fourth-order valence-corrected chi connectivity index (χ4v) is 4.81. The largest absolute Gasteiger partial charge is 0.309 e. The quantitative estimate of drug-likeness (QED) is 0.868. The van der Waals surface area contributed by atoms with Crippen LogP contribution in [0.25, 0.3) is 0 Å². The summed E-state index contributed by atoms with van der Waals surface area (Å²) in [5.74, 6) is 0.287. The van der Waals surface area contributed by atoms with Gasteiger partial charge in [0.15, 0.2) is 0 Å². The standard InChI is InChI=1S/C17H22N4OS/c1-13-3-4-15(23-13)11-20-7-5-17(12-20)6-8-21(16(17)22)14-9-18-19(2)10-14/h3-4,9-10H,5-8,11-12H2,1-2H3/t17-/m1/s1. The first kappa shape index (κ1) is 14.9. The zero-order valence-electron chi connectivity index (χ0n) is 13.7. The zero-order chi connectivity index (χ0) is 16.0. The zero-order valence-corrected chi connectivity index (χ0v) is 14.5. The number of hydrogen-bond donors (Lipinski definition) is 0. The van der Waals surface area contributed by atoms with Crippen molar-refractivity contribution in [2.45, 2.75) is 26.3 Å². The highest BCUT2D eigenvalue weighted by Crippen LogP contribution is 2.42. The van der Waals surface area contributed by atoms with Gasteiger partial charge in [0.2, 0.25) is 5.91 Å². The molecule has 0 saturated carbocycles. The Balaban J connectivity index is 1.46. The minimum atomic E-state index is -0.178. The van der Waals surface area contributed by atoms with Gasteiger partial charge in [-0.3, -0.25) is 14.4 Å². The van der Waals surface area contributed by atoms with Crippen molar-refractivity contribution in [3.63, 3.8) is 0 Å². The van der Waals surface area contributed by atoms with Crippen molar-refractivity contribution in [3.05, 3.63) is 34.3 Å². The molecule has 0 N–H and O–H groups in total. The summed E-state index contributed by atoms with van der Waals surface area (Å²) in [6.07, 6.45) is 5.66. The van der Waals surface area contributed by atoms with Crippen molar-refractivity contribution in [2.24, 2.45) is 12.5 Å². The van der Waals surface area contributed by atoms with Crippen LogP contribution >= 0.6 is 11.3 Å². The highest BCUT2D eigenvalue weighted by Gasteiger charge is 2.51. The number of anilines is 1. The maximum atomic E-state index is 13.0. The molecule has 0 unspecified atom stereocenters. The fourth-order valence-electron chi connectivity index (χ4n) is 3.88. The molecule has 5 nitrogen and oxygen atoms in total. The van der Waals surface area contributed by atoms with Crippen LogP contribution < -0.4 is 4.90 Å². The summed E-state index contributed by atoms with van der Waals surface area (Å²) in [5.41, 5.74) is 0.754. The van der Waals surface area contributed by atoms with Crippen molar-refractivity contribution in [3.8, 4) is 0 Å². The molecular weight excluding hydrogens is 308 g/mol. The Labute approximate surface area is 140 Å². The van der Waals surface area contributed by atoms with Crippen molar-refractivity contribution < 1.29 is 4.79 Å². The van der Waals surface area contributed by atoms with E-state index in [2.05, 4.69) is 29.1 Å². The summed E-state index contributed by atoms with van der Waals surface area (Å²) < 4.78 is 1.76. The highest BCUT2D eigenvalue weighted by atomic mass is 32.1. The number of carbonyl (C=O) groups excluding carboxylic acids is 1. The van der Waals surface area contributed by atoms with E-state index in [-0.39, 0.29) is 11.3 Å². The molecule has 1 atom stereocenters. The van der Waals surface area contributed by atoms with Crippen molar-refractivity contribution in [1.29, 1.82) is 0 Å². The number of thiophene rings is 1. The Kier molecular flexibility index (Phi) is 3.54. The molecule has 2 aliphatic rings. The third-order valence-electron chi connectivity index (χ3n) is 5.12. The summed E-state index contributed by atoms with van der Waals surface area (Å²) >= 11 is 1.86. The maximum Gasteiger partial charge on any atom is 0.234 e. The summed E-state index contributed by atoms with van der Waals surface area (Å²) in [7, 11) is 1.89. The molecule has 0 aliphatic carbocycles. The number of aryl methyl sites for hydroxylation is 2. The second kappa shape index (κ2) is 5.46. The number of carbonyl (C=O) groups is 1. The Morgan fingerprint density at radius 1 is 1.30 bits per heavy atom. The molecule has 2 aromatic rings. The first-order valence-corrected chi connectivity index (χ1v) is 8.96. The third-order valence-corrected chi connectivity index (χ3v) is 6.11. The van der Waals surface area contributed by atoms with E-state index in [0.717, 1.165) is 44.7 Å². The Morgan fingerprint density at radius 2 is 2.13 bits per heavy atom. The van der Waals surface area contributed by atoms with Crippen molar-refractivity contribution in [2.75, 3.05) is 24.5 Å². The van der Waals surface area contributed by atoms with E-state index >= 15 is 0 Å². The van der Waals surface area contributed by atoms with Crippen LogP contribution in [0.5, 0.6) is 0 Å². The Bertz CT molecular complexity index is 737. The van der Waals surface area contributed by atoms with Crippen molar-refractivity contribution >= 4 is 22.9 Å². The molecule has 1 spiro atoms. The molecule has 2 fully saturated rings. The number of nitrogens with zero attached hydrogens (tertiary/aromatic N) is 4. The van der Waals surface area contributed by atoms with Gasteiger partial charge in [0.05, 0.1) is 17.3 Å². The van der Waals surface area contributed by atoms with E-state index in [1.54, 1.807) is 10.9 Å². The van der Waals surface area contributed by atoms with Crippen LogP contribution in [0.1, 0.15) is 22.6 Å². The third kappa shape index (κ3) is 2.60. The van der Waals surface area contributed by atoms with Gasteiger partial charge in [-0.25, -0.2) is 0 Å². The minimum absolute atomic E-state index is 0.178. The minimum Gasteiger partial charge on any atom is -0.309 e. The lowest BCUT2D eigenvalue weighted by atomic mass is 9.85. The van der Waals surface area contributed by atoms with Crippen LogP contribution in [0.4, 0.5) is 5.69 Å². The van der Waals surface area contributed by atoms with Gasteiger partial charge in [0.25, 0.3) is 0 Å². The average Bonchev–Trinajstić information content (AvgIpc) is 3.26. The number of rotatable bonds is 3. The normalized spacial score (nSPS) is 25.1. The smallest absolute Gasteiger partial charge is 0.234 e. The van der Waals surface area contributed by atoms with E-state index in [4.69, 9.17) is 0 Å². The van der Waals surface area contributed by atoms with Crippen LogP contribution in [0, 0.1) is 12.3 Å². The SMILES string of the molecule is Cc1ccc(CN2CC[C@@]3(CCN(c4cnn(C)c4)C3=O)C2)s1. The second-order valence-electron chi connectivity index (χ2n) is 6.83. The summed E-state index contributed by atoms with van der Waals surface area (Å²) in [4.78, 5) is 20.1. The molecule has 122 valence electrons. The van der Waals surface area contributed by atoms with E-state index in [9.17, 15) is 4.79 Å². The summed E-state index contributed by atoms with van der Waals surface area (Å²) in [6.45, 7) is 5.84. The molecule has 6 heteroatoms. The molecule has 0 radical (unpaired) electrons. The van der Waals surface area contributed by atoms with Gasteiger partial charge in [0, 0.05) is 42.6 Å². The van der Waals surface area contributed by atoms with Crippen LogP contribution in [0.15, 0.2) is 24.5 Å². The van der Waals surface area contributed by atoms with Crippen LogP contribution in [-0.4, -0.2) is 40.2 Å². The second-order valence-corrected chi connectivity index (χ2v) is 8.20. The number of likely N-dealkylation sites (tertiary alicyclic amines) is 1. The van der Waals surface area contributed by atoms with E-state index in [1.807, 2.05) is 29.5 Å². The number of amides is 1. The van der Waals surface area contributed by atoms with Gasteiger partial charge in [-0.2, -0.15) is 5.10 Å². The lowest BCUT2D eigenvalue weighted by molar-refractivity contribution is -0.125. The predicted octanol–water partition coefficient (Wildman–Crippen LogP) is 2.42. The molecule has 23 heavy (non-hydrogen) atoms. The van der Waals surface area contributed by atoms with E-state index in [1.165, 1.54) is 9.75 Å². The molecule has 2 saturated heterocycles. The molecule has 0 aromatic carbocycles.